The fourth-order valence-corrected chi connectivity index (χ4v) is 5.35. The molecule has 2 aromatic rings. The molecule has 2 aromatic carbocycles. The number of benzene rings is 2. The van der Waals surface area contributed by atoms with Gasteiger partial charge in [0.15, 0.2) is 4.90 Å². The molecule has 0 spiro atoms. The van der Waals surface area contributed by atoms with Gasteiger partial charge in [0.1, 0.15) is 11.9 Å². The third-order valence-corrected chi connectivity index (χ3v) is 7.54. The number of ether oxygens (including phenoxy) is 1. The molecule has 39 heavy (non-hydrogen) atoms. The SMILES string of the molecule is CCOC(=O)C1CCN(C(=O)[C@H](Cc2cccc(C(=N)N)c2)N[S+]([O-])c2cccc(NC(=O)CCN)c2)CC1. The molecule has 1 unspecified atom stereocenters. The van der Waals surface area contributed by atoms with Gasteiger partial charge in [-0.25, -0.2) is 0 Å². The van der Waals surface area contributed by atoms with E-state index in [-0.39, 0.29) is 48.9 Å². The molecule has 2 atom stereocenters. The van der Waals surface area contributed by atoms with Crippen molar-refractivity contribution in [2.24, 2.45) is 17.4 Å². The third-order valence-electron chi connectivity index (χ3n) is 6.36. The second-order valence-electron chi connectivity index (χ2n) is 9.22. The molecular formula is C27H36N6O5S. The van der Waals surface area contributed by atoms with E-state index in [1.54, 1.807) is 54.3 Å². The maximum atomic E-state index is 13.7. The van der Waals surface area contributed by atoms with Crippen LogP contribution in [0.1, 0.15) is 37.3 Å². The van der Waals surface area contributed by atoms with Gasteiger partial charge in [0.2, 0.25) is 11.8 Å². The molecule has 210 valence electrons. The van der Waals surface area contributed by atoms with Crippen molar-refractivity contribution < 1.29 is 23.7 Å². The smallest absolute Gasteiger partial charge is 0.309 e. The van der Waals surface area contributed by atoms with Crippen LogP contribution in [0.5, 0.6) is 0 Å². The summed E-state index contributed by atoms with van der Waals surface area (Å²) >= 11 is -1.79. The summed E-state index contributed by atoms with van der Waals surface area (Å²) in [6.07, 6.45) is 1.35. The molecule has 7 N–H and O–H groups in total. The number of hydrogen-bond donors (Lipinski definition) is 5. The van der Waals surface area contributed by atoms with E-state index in [2.05, 4.69) is 10.0 Å². The topological polar surface area (TPSA) is 187 Å². The van der Waals surface area contributed by atoms with Crippen molar-refractivity contribution in [3.8, 4) is 0 Å². The Bertz CT molecular complexity index is 1170. The van der Waals surface area contributed by atoms with Gasteiger partial charge in [-0.1, -0.05) is 24.3 Å². The molecule has 1 fully saturated rings. The van der Waals surface area contributed by atoms with Crippen LogP contribution in [-0.2, 0) is 36.9 Å². The highest BCUT2D eigenvalue weighted by Gasteiger charge is 2.34. The number of carbonyl (C=O) groups is 3. The molecular weight excluding hydrogens is 520 g/mol. The molecule has 0 aliphatic carbocycles. The number of anilines is 1. The van der Waals surface area contributed by atoms with Crippen LogP contribution in [0.3, 0.4) is 0 Å². The summed E-state index contributed by atoms with van der Waals surface area (Å²) < 4.78 is 21.5. The molecule has 11 nitrogen and oxygen atoms in total. The van der Waals surface area contributed by atoms with Gasteiger partial charge in [-0.15, -0.1) is 4.72 Å². The first-order valence-electron chi connectivity index (χ1n) is 12.9. The highest BCUT2D eigenvalue weighted by atomic mass is 32.2. The van der Waals surface area contributed by atoms with E-state index in [1.807, 2.05) is 6.07 Å². The standard InChI is InChI=1S/C27H36N6O5S/c1-2-38-27(36)19-10-13-33(14-11-19)26(35)23(16-18-5-3-6-20(15-18)25(29)30)32-39(37)22-8-4-7-21(17-22)31-24(34)9-12-28/h3-8,15,17,19,23,32H,2,9-14,16,28H2,1H3,(H3,29,30)(H,31,34)/t23-,39?/m0/s1. The number of nitrogens with one attached hydrogen (secondary N) is 3. The van der Waals surface area contributed by atoms with E-state index in [1.165, 1.54) is 0 Å². The highest BCUT2D eigenvalue weighted by molar-refractivity contribution is 7.89. The highest BCUT2D eigenvalue weighted by Crippen LogP contribution is 2.22. The van der Waals surface area contributed by atoms with E-state index in [0.717, 1.165) is 5.56 Å². The molecule has 0 aromatic heterocycles. The molecule has 0 bridgehead atoms. The number of nitrogen functional groups attached to an aromatic ring is 1. The van der Waals surface area contributed by atoms with E-state index in [4.69, 9.17) is 21.6 Å². The summed E-state index contributed by atoms with van der Waals surface area (Å²) in [6, 6.07) is 12.7. The minimum absolute atomic E-state index is 0.0919. The number of nitrogens with zero attached hydrogens (tertiary/aromatic N) is 1. The summed E-state index contributed by atoms with van der Waals surface area (Å²) in [5.74, 6) is -1.09. The first kappa shape index (κ1) is 30.1. The van der Waals surface area contributed by atoms with Crippen molar-refractivity contribution in [3.05, 3.63) is 59.7 Å². The average molecular weight is 557 g/mol. The summed E-state index contributed by atoms with van der Waals surface area (Å²) in [4.78, 5) is 39.8. The number of esters is 1. The number of hydrogen-bond acceptors (Lipinski definition) is 8. The van der Waals surface area contributed by atoms with Gasteiger partial charge in [-0.05, 0) is 43.5 Å². The monoisotopic (exact) mass is 556 g/mol. The van der Waals surface area contributed by atoms with Crippen LogP contribution in [0.2, 0.25) is 0 Å². The Morgan fingerprint density at radius 3 is 2.56 bits per heavy atom. The number of amidine groups is 1. The lowest BCUT2D eigenvalue weighted by atomic mass is 9.95. The van der Waals surface area contributed by atoms with Crippen LogP contribution < -0.4 is 21.5 Å². The number of carbonyl (C=O) groups excluding carboxylic acids is 3. The molecule has 1 saturated heterocycles. The van der Waals surface area contributed by atoms with Crippen LogP contribution in [0.25, 0.3) is 0 Å². The zero-order valence-corrected chi connectivity index (χ0v) is 22.8. The number of rotatable bonds is 12. The van der Waals surface area contributed by atoms with Crippen molar-refractivity contribution in [3.63, 3.8) is 0 Å². The van der Waals surface area contributed by atoms with E-state index in [9.17, 15) is 18.9 Å². The average Bonchev–Trinajstić information content (AvgIpc) is 2.93. The van der Waals surface area contributed by atoms with E-state index in [0.29, 0.717) is 48.7 Å². The van der Waals surface area contributed by atoms with Gasteiger partial charge < -0.3 is 31.0 Å². The zero-order chi connectivity index (χ0) is 28.4. The first-order valence-corrected chi connectivity index (χ1v) is 14.0. The summed E-state index contributed by atoms with van der Waals surface area (Å²) in [6.45, 7) is 3.04. The predicted molar refractivity (Wildman–Crippen MR) is 149 cm³/mol. The third kappa shape index (κ3) is 8.79. The normalized spacial score (nSPS) is 15.3. The lowest BCUT2D eigenvalue weighted by Crippen LogP contribution is -2.52. The minimum atomic E-state index is -1.79. The largest absolute Gasteiger partial charge is 0.593 e. The van der Waals surface area contributed by atoms with Gasteiger partial charge >= 0.3 is 5.97 Å². The molecule has 1 aliphatic rings. The maximum Gasteiger partial charge on any atom is 0.309 e. The van der Waals surface area contributed by atoms with Gasteiger partial charge in [-0.2, -0.15) is 0 Å². The van der Waals surface area contributed by atoms with E-state index >= 15 is 0 Å². The molecule has 3 rings (SSSR count). The van der Waals surface area contributed by atoms with Crippen molar-refractivity contribution in [2.45, 2.75) is 43.5 Å². The molecule has 1 heterocycles. The molecule has 1 aliphatic heterocycles. The second kappa shape index (κ2) is 14.6. The van der Waals surface area contributed by atoms with Crippen molar-refractivity contribution >= 4 is 40.7 Å². The quantitative estimate of drug-likeness (QED) is 0.112. The molecule has 0 saturated carbocycles. The van der Waals surface area contributed by atoms with Crippen LogP contribution in [0.15, 0.2) is 53.4 Å². The summed E-state index contributed by atoms with van der Waals surface area (Å²) in [5.41, 5.74) is 12.8. The maximum absolute atomic E-state index is 13.7. The fourth-order valence-electron chi connectivity index (χ4n) is 4.34. The van der Waals surface area contributed by atoms with Gasteiger partial charge in [0.05, 0.1) is 23.9 Å². The van der Waals surface area contributed by atoms with Crippen molar-refractivity contribution in [2.75, 3.05) is 31.6 Å². The van der Waals surface area contributed by atoms with Crippen LogP contribution >= 0.6 is 0 Å². The number of piperidine rings is 1. The Kier molecular flexibility index (Phi) is 11.3. The Hall–Kier alpha value is -3.45. The van der Waals surface area contributed by atoms with Crippen molar-refractivity contribution in [1.82, 2.24) is 9.62 Å². The molecule has 0 radical (unpaired) electrons. The summed E-state index contributed by atoms with van der Waals surface area (Å²) in [5, 5.41) is 10.4. The van der Waals surface area contributed by atoms with Gasteiger partial charge in [0.25, 0.3) is 0 Å². The number of amides is 2. The Labute approximate surface area is 231 Å². The fraction of sp³-hybridized carbons (Fsp3) is 0.407. The van der Waals surface area contributed by atoms with Crippen LogP contribution in [0.4, 0.5) is 5.69 Å². The Morgan fingerprint density at radius 2 is 1.90 bits per heavy atom. The van der Waals surface area contributed by atoms with E-state index < -0.39 is 17.4 Å². The second-order valence-corrected chi connectivity index (χ2v) is 10.5. The Balaban J connectivity index is 1.78. The van der Waals surface area contributed by atoms with Crippen LogP contribution in [-0.4, -0.2) is 65.4 Å². The number of likely N-dealkylation sites (tertiary alicyclic amines) is 1. The lowest BCUT2D eigenvalue weighted by molar-refractivity contribution is -0.151. The van der Waals surface area contributed by atoms with Gasteiger partial charge in [0, 0.05) is 49.8 Å². The zero-order valence-electron chi connectivity index (χ0n) is 22.0. The molecule has 2 amide bonds. The van der Waals surface area contributed by atoms with Crippen LogP contribution in [0, 0.1) is 11.3 Å². The molecule has 12 heteroatoms. The van der Waals surface area contributed by atoms with Crippen molar-refractivity contribution in [1.29, 1.82) is 5.41 Å². The predicted octanol–water partition coefficient (Wildman–Crippen LogP) is 1.28. The number of nitrogens with two attached hydrogens (primary N) is 2. The summed E-state index contributed by atoms with van der Waals surface area (Å²) in [7, 11) is 0. The first-order chi connectivity index (χ1) is 18.7. The minimum Gasteiger partial charge on any atom is -0.593 e. The van der Waals surface area contributed by atoms with Gasteiger partial charge in [-0.3, -0.25) is 19.8 Å². The Morgan fingerprint density at radius 1 is 1.18 bits per heavy atom. The lowest BCUT2D eigenvalue weighted by Gasteiger charge is -2.33.